The molecule has 124 valence electrons. The SMILES string of the molecule is CSc1nc2ccc(NC(=O)c3cc4c(s3)CC[C@H](C)C4)cc2s1. The van der Waals surface area contributed by atoms with Crippen LogP contribution in [0, 0.1) is 5.92 Å². The molecule has 1 atom stereocenters. The van der Waals surface area contributed by atoms with Crippen LogP contribution in [0.2, 0.25) is 0 Å². The van der Waals surface area contributed by atoms with E-state index in [1.807, 2.05) is 24.5 Å². The van der Waals surface area contributed by atoms with Crippen molar-refractivity contribution >= 4 is 56.2 Å². The van der Waals surface area contributed by atoms with Crippen molar-refractivity contribution in [3.63, 3.8) is 0 Å². The zero-order chi connectivity index (χ0) is 16.7. The molecule has 0 fully saturated rings. The minimum absolute atomic E-state index is 0.00370. The number of aryl methyl sites for hydroxylation is 1. The second kappa shape index (κ2) is 6.50. The molecule has 6 heteroatoms. The van der Waals surface area contributed by atoms with E-state index in [-0.39, 0.29) is 5.91 Å². The van der Waals surface area contributed by atoms with Gasteiger partial charge in [-0.15, -0.1) is 22.7 Å². The van der Waals surface area contributed by atoms with Crippen molar-refractivity contribution in [1.29, 1.82) is 0 Å². The second-order valence-corrected chi connectivity index (χ2v) is 9.45. The Morgan fingerprint density at radius 1 is 1.33 bits per heavy atom. The fourth-order valence-corrected chi connectivity index (χ4v) is 5.71. The fraction of sp³-hybridized carbons (Fsp3) is 0.333. The Labute approximate surface area is 153 Å². The van der Waals surface area contributed by atoms with Gasteiger partial charge in [0.25, 0.3) is 5.91 Å². The maximum atomic E-state index is 12.6. The number of thioether (sulfide) groups is 1. The number of anilines is 1. The summed E-state index contributed by atoms with van der Waals surface area (Å²) in [5, 5.41) is 3.04. The Kier molecular flexibility index (Phi) is 4.37. The number of aromatic nitrogens is 1. The molecule has 0 unspecified atom stereocenters. The predicted molar refractivity (Wildman–Crippen MR) is 105 cm³/mol. The topological polar surface area (TPSA) is 42.0 Å². The average molecular weight is 375 g/mol. The molecule has 1 aromatic carbocycles. The first kappa shape index (κ1) is 16.1. The van der Waals surface area contributed by atoms with Gasteiger partial charge in [0.15, 0.2) is 4.34 Å². The summed E-state index contributed by atoms with van der Waals surface area (Å²) >= 11 is 4.96. The van der Waals surface area contributed by atoms with E-state index in [1.54, 1.807) is 34.4 Å². The normalized spacial score (nSPS) is 17.0. The molecule has 4 rings (SSSR count). The smallest absolute Gasteiger partial charge is 0.265 e. The van der Waals surface area contributed by atoms with E-state index in [4.69, 9.17) is 0 Å². The van der Waals surface area contributed by atoms with Crippen molar-refractivity contribution < 1.29 is 4.79 Å². The van der Waals surface area contributed by atoms with Crippen molar-refractivity contribution in [3.8, 4) is 0 Å². The van der Waals surface area contributed by atoms with E-state index >= 15 is 0 Å². The van der Waals surface area contributed by atoms with Gasteiger partial charge in [-0.25, -0.2) is 4.98 Å². The average Bonchev–Trinajstić information content (AvgIpc) is 3.17. The molecule has 1 aliphatic rings. The van der Waals surface area contributed by atoms with Gasteiger partial charge in [0.1, 0.15) is 0 Å². The molecule has 1 N–H and O–H groups in total. The molecule has 24 heavy (non-hydrogen) atoms. The molecule has 3 nitrogen and oxygen atoms in total. The summed E-state index contributed by atoms with van der Waals surface area (Å²) in [5.41, 5.74) is 3.19. The van der Waals surface area contributed by atoms with Gasteiger partial charge in [-0.2, -0.15) is 0 Å². The first-order valence-corrected chi connectivity index (χ1v) is 10.9. The molecule has 0 radical (unpaired) electrons. The number of benzene rings is 1. The minimum Gasteiger partial charge on any atom is -0.321 e. The van der Waals surface area contributed by atoms with Crippen LogP contribution in [0.1, 0.15) is 33.5 Å². The molecule has 1 aliphatic carbocycles. The highest BCUT2D eigenvalue weighted by Gasteiger charge is 2.20. The molecule has 3 aromatic rings. The van der Waals surface area contributed by atoms with E-state index in [0.717, 1.165) is 43.9 Å². The lowest BCUT2D eigenvalue weighted by atomic mass is 9.90. The van der Waals surface area contributed by atoms with Crippen molar-refractivity contribution in [2.75, 3.05) is 11.6 Å². The van der Waals surface area contributed by atoms with Gasteiger partial charge in [-0.3, -0.25) is 4.79 Å². The molecule has 0 aliphatic heterocycles. The number of thiophene rings is 1. The number of nitrogens with zero attached hydrogens (tertiary/aromatic N) is 1. The summed E-state index contributed by atoms with van der Waals surface area (Å²) in [4.78, 5) is 19.3. The Morgan fingerprint density at radius 2 is 2.21 bits per heavy atom. The summed E-state index contributed by atoms with van der Waals surface area (Å²) in [6.45, 7) is 2.29. The van der Waals surface area contributed by atoms with Crippen molar-refractivity contribution in [1.82, 2.24) is 4.98 Å². The highest BCUT2D eigenvalue weighted by Crippen LogP contribution is 2.33. The first-order valence-electron chi connectivity index (χ1n) is 8.00. The summed E-state index contributed by atoms with van der Waals surface area (Å²) in [6, 6.07) is 8.00. The van der Waals surface area contributed by atoms with Gasteiger partial charge >= 0.3 is 0 Å². The number of fused-ring (bicyclic) bond motifs is 2. The third-order valence-corrected chi connectivity index (χ3v) is 7.59. The van der Waals surface area contributed by atoms with Crippen molar-refractivity contribution in [3.05, 3.63) is 39.6 Å². The maximum absolute atomic E-state index is 12.6. The van der Waals surface area contributed by atoms with Crippen LogP contribution in [0.3, 0.4) is 0 Å². The third-order valence-electron chi connectivity index (χ3n) is 4.35. The van der Waals surface area contributed by atoms with E-state index in [9.17, 15) is 4.79 Å². The monoisotopic (exact) mass is 374 g/mol. The number of rotatable bonds is 3. The lowest BCUT2D eigenvalue weighted by molar-refractivity contribution is 0.103. The van der Waals surface area contributed by atoms with E-state index in [1.165, 1.54) is 16.9 Å². The number of amides is 1. The molecule has 2 aromatic heterocycles. The van der Waals surface area contributed by atoms with Gasteiger partial charge in [0, 0.05) is 10.6 Å². The maximum Gasteiger partial charge on any atom is 0.265 e. The van der Waals surface area contributed by atoms with Crippen LogP contribution in [0.5, 0.6) is 0 Å². The number of hydrogen-bond acceptors (Lipinski definition) is 5. The summed E-state index contributed by atoms with van der Waals surface area (Å²) in [5.74, 6) is 0.721. The highest BCUT2D eigenvalue weighted by atomic mass is 32.2. The van der Waals surface area contributed by atoms with Gasteiger partial charge in [0.05, 0.1) is 15.1 Å². The number of thiazole rings is 1. The zero-order valence-electron chi connectivity index (χ0n) is 13.6. The van der Waals surface area contributed by atoms with Crippen LogP contribution >= 0.6 is 34.4 Å². The zero-order valence-corrected chi connectivity index (χ0v) is 16.0. The second-order valence-electron chi connectivity index (χ2n) is 6.23. The minimum atomic E-state index is -0.00370. The number of hydrogen-bond donors (Lipinski definition) is 1. The van der Waals surface area contributed by atoms with Gasteiger partial charge in [-0.1, -0.05) is 18.7 Å². The fourth-order valence-electron chi connectivity index (χ4n) is 3.08. The van der Waals surface area contributed by atoms with Crippen LogP contribution in [-0.4, -0.2) is 17.1 Å². The number of carbonyl (C=O) groups excluding carboxylic acids is 1. The van der Waals surface area contributed by atoms with Crippen molar-refractivity contribution in [2.45, 2.75) is 30.5 Å². The molecule has 0 saturated heterocycles. The molecule has 0 bridgehead atoms. The van der Waals surface area contributed by atoms with Gasteiger partial charge in [0.2, 0.25) is 0 Å². The standard InChI is InChI=1S/C18H18N2OS3/c1-10-3-6-14-11(7-10)8-16(23-14)17(21)19-12-4-5-13-15(9-12)24-18(20-13)22-2/h4-5,8-10H,3,6-7H2,1-2H3,(H,19,21)/t10-/m0/s1. The van der Waals surface area contributed by atoms with E-state index in [0.29, 0.717) is 0 Å². The summed E-state index contributed by atoms with van der Waals surface area (Å²) < 4.78 is 2.16. The molecular formula is C18H18N2OS3. The van der Waals surface area contributed by atoms with Crippen LogP contribution in [-0.2, 0) is 12.8 Å². The van der Waals surface area contributed by atoms with Gasteiger partial charge in [-0.05, 0) is 61.3 Å². The van der Waals surface area contributed by atoms with Gasteiger partial charge < -0.3 is 5.32 Å². The lowest BCUT2D eigenvalue weighted by Crippen LogP contribution is -2.10. The largest absolute Gasteiger partial charge is 0.321 e. The Hall–Kier alpha value is -1.37. The predicted octanol–water partition coefficient (Wildman–Crippen LogP) is 5.46. The molecule has 0 saturated carbocycles. The van der Waals surface area contributed by atoms with Crippen molar-refractivity contribution in [2.24, 2.45) is 5.92 Å². The highest BCUT2D eigenvalue weighted by molar-refractivity contribution is 8.00. The molecule has 1 amide bonds. The Bertz CT molecular complexity index is 912. The molecule has 0 spiro atoms. The first-order chi connectivity index (χ1) is 11.6. The van der Waals surface area contributed by atoms with Crippen LogP contribution in [0.25, 0.3) is 10.2 Å². The van der Waals surface area contributed by atoms with E-state index < -0.39 is 0 Å². The number of nitrogens with one attached hydrogen (secondary N) is 1. The lowest BCUT2D eigenvalue weighted by Gasteiger charge is -2.16. The van der Waals surface area contributed by atoms with Crippen LogP contribution in [0.4, 0.5) is 5.69 Å². The van der Waals surface area contributed by atoms with E-state index in [2.05, 4.69) is 23.3 Å². The Balaban J connectivity index is 1.55. The quantitative estimate of drug-likeness (QED) is 0.619. The number of carbonyl (C=O) groups is 1. The van der Waals surface area contributed by atoms with Crippen LogP contribution in [0.15, 0.2) is 28.6 Å². The van der Waals surface area contributed by atoms with Crippen LogP contribution < -0.4 is 5.32 Å². The summed E-state index contributed by atoms with van der Waals surface area (Å²) in [6.07, 6.45) is 5.47. The third kappa shape index (κ3) is 3.10. The molecule has 2 heterocycles. The molecular weight excluding hydrogens is 356 g/mol. The summed E-state index contributed by atoms with van der Waals surface area (Å²) in [7, 11) is 0. The Morgan fingerprint density at radius 3 is 3.04 bits per heavy atom.